The lowest BCUT2D eigenvalue weighted by atomic mass is 10.3. The van der Waals surface area contributed by atoms with Gasteiger partial charge in [-0.25, -0.2) is 14.4 Å². The Bertz CT molecular complexity index is 415. The third kappa shape index (κ3) is 7.39. The van der Waals surface area contributed by atoms with Crippen molar-refractivity contribution in [1.82, 2.24) is 0 Å². The minimum atomic E-state index is -1.77. The van der Waals surface area contributed by atoms with Crippen molar-refractivity contribution in [2.24, 2.45) is 0 Å². The maximum atomic E-state index is 11.5. The van der Waals surface area contributed by atoms with Crippen LogP contribution in [-0.4, -0.2) is 43.5 Å². The standard InChI is InChI=1S/C15H20O7/c1-5-9-21-15(22-14(18)8-4,10-19-12(16)6-2)11-20-13(17)7-3/h6-8H,2-5,9-11H2,1H3. The Balaban J connectivity index is 5.17. The second-order valence-electron chi connectivity index (χ2n) is 4.01. The van der Waals surface area contributed by atoms with Crippen molar-refractivity contribution in [2.75, 3.05) is 19.8 Å². The van der Waals surface area contributed by atoms with Gasteiger partial charge in [0.1, 0.15) is 0 Å². The summed E-state index contributed by atoms with van der Waals surface area (Å²) in [5, 5.41) is 0. The molecule has 0 bridgehead atoms. The van der Waals surface area contributed by atoms with Gasteiger partial charge in [0.25, 0.3) is 5.79 Å². The fourth-order valence-corrected chi connectivity index (χ4v) is 1.21. The molecule has 122 valence electrons. The molecule has 0 heterocycles. The zero-order valence-corrected chi connectivity index (χ0v) is 12.5. The molecule has 22 heavy (non-hydrogen) atoms. The molecule has 7 nitrogen and oxygen atoms in total. The SMILES string of the molecule is C=CC(=O)OCC(COC(=O)C=C)(OCCC)OC(=O)C=C. The fraction of sp³-hybridized carbons (Fsp3) is 0.400. The smallest absolute Gasteiger partial charge is 0.332 e. The molecule has 0 fully saturated rings. The predicted octanol–water partition coefficient (Wildman–Crippen LogP) is 1.30. The van der Waals surface area contributed by atoms with Gasteiger partial charge in [0.05, 0.1) is 6.61 Å². The molecule has 0 N–H and O–H groups in total. The normalized spacial score (nSPS) is 10.2. The van der Waals surface area contributed by atoms with Gasteiger partial charge in [-0.1, -0.05) is 26.7 Å². The maximum Gasteiger partial charge on any atom is 0.332 e. The average molecular weight is 312 g/mol. The molecule has 0 aromatic carbocycles. The van der Waals surface area contributed by atoms with Gasteiger partial charge in [0.15, 0.2) is 13.2 Å². The minimum Gasteiger partial charge on any atom is -0.455 e. The number of carbonyl (C=O) groups excluding carboxylic acids is 3. The first-order chi connectivity index (χ1) is 10.4. The Morgan fingerprint density at radius 1 is 0.909 bits per heavy atom. The van der Waals surface area contributed by atoms with Gasteiger partial charge in [-0.15, -0.1) is 0 Å². The maximum absolute atomic E-state index is 11.5. The van der Waals surface area contributed by atoms with Crippen LogP contribution in [0.3, 0.4) is 0 Å². The van der Waals surface area contributed by atoms with Crippen molar-refractivity contribution < 1.29 is 33.3 Å². The second-order valence-corrected chi connectivity index (χ2v) is 4.01. The quantitative estimate of drug-likeness (QED) is 0.246. The molecule has 0 aliphatic rings. The van der Waals surface area contributed by atoms with E-state index in [0.717, 1.165) is 18.2 Å². The third-order valence-corrected chi connectivity index (χ3v) is 2.22. The van der Waals surface area contributed by atoms with Crippen LogP contribution in [0, 0.1) is 0 Å². The lowest BCUT2D eigenvalue weighted by molar-refractivity contribution is -0.262. The van der Waals surface area contributed by atoms with Gasteiger partial charge >= 0.3 is 17.9 Å². The van der Waals surface area contributed by atoms with Crippen LogP contribution < -0.4 is 0 Å². The highest BCUT2D eigenvalue weighted by atomic mass is 16.7. The minimum absolute atomic E-state index is 0.182. The van der Waals surface area contributed by atoms with Crippen LogP contribution >= 0.6 is 0 Å². The van der Waals surface area contributed by atoms with E-state index in [1.165, 1.54) is 0 Å². The molecule has 0 saturated carbocycles. The Morgan fingerprint density at radius 3 is 1.73 bits per heavy atom. The highest BCUT2D eigenvalue weighted by Gasteiger charge is 2.38. The Hall–Kier alpha value is -2.41. The van der Waals surface area contributed by atoms with Crippen molar-refractivity contribution >= 4 is 17.9 Å². The summed E-state index contributed by atoms with van der Waals surface area (Å²) in [6, 6.07) is 0. The lowest BCUT2D eigenvalue weighted by Crippen LogP contribution is -2.48. The molecule has 0 aromatic rings. The first-order valence-corrected chi connectivity index (χ1v) is 6.50. The van der Waals surface area contributed by atoms with Crippen molar-refractivity contribution in [3.05, 3.63) is 38.0 Å². The van der Waals surface area contributed by atoms with Crippen LogP contribution in [-0.2, 0) is 33.3 Å². The van der Waals surface area contributed by atoms with E-state index in [1.807, 2.05) is 6.92 Å². The first kappa shape index (κ1) is 19.6. The molecule has 0 aliphatic heterocycles. The van der Waals surface area contributed by atoms with E-state index in [0.29, 0.717) is 6.42 Å². The molecular weight excluding hydrogens is 292 g/mol. The average Bonchev–Trinajstić information content (AvgIpc) is 2.54. The number of ether oxygens (including phenoxy) is 4. The predicted molar refractivity (Wildman–Crippen MR) is 77.6 cm³/mol. The number of hydrogen-bond donors (Lipinski definition) is 0. The second kappa shape index (κ2) is 10.3. The molecule has 0 aliphatic carbocycles. The van der Waals surface area contributed by atoms with Crippen molar-refractivity contribution in [2.45, 2.75) is 19.1 Å². The summed E-state index contributed by atoms with van der Waals surface area (Å²) in [7, 11) is 0. The number of carbonyl (C=O) groups is 3. The van der Waals surface area contributed by atoms with Crippen LogP contribution in [0.1, 0.15) is 13.3 Å². The van der Waals surface area contributed by atoms with E-state index in [-0.39, 0.29) is 6.61 Å². The molecule has 0 unspecified atom stereocenters. The van der Waals surface area contributed by atoms with Gasteiger partial charge < -0.3 is 18.9 Å². The Kier molecular flexibility index (Phi) is 9.20. The zero-order valence-electron chi connectivity index (χ0n) is 12.5. The van der Waals surface area contributed by atoms with Crippen LogP contribution in [0.2, 0.25) is 0 Å². The van der Waals surface area contributed by atoms with Gasteiger partial charge in [-0.3, -0.25) is 0 Å². The largest absolute Gasteiger partial charge is 0.455 e. The molecule has 0 atom stereocenters. The van der Waals surface area contributed by atoms with Crippen LogP contribution in [0.5, 0.6) is 0 Å². The van der Waals surface area contributed by atoms with Crippen LogP contribution in [0.15, 0.2) is 38.0 Å². The van der Waals surface area contributed by atoms with E-state index in [9.17, 15) is 14.4 Å². The van der Waals surface area contributed by atoms with E-state index in [2.05, 4.69) is 19.7 Å². The van der Waals surface area contributed by atoms with Gasteiger partial charge in [0.2, 0.25) is 0 Å². The van der Waals surface area contributed by atoms with Crippen LogP contribution in [0.4, 0.5) is 0 Å². The highest BCUT2D eigenvalue weighted by Crippen LogP contribution is 2.17. The van der Waals surface area contributed by atoms with E-state index >= 15 is 0 Å². The van der Waals surface area contributed by atoms with Gasteiger partial charge in [-0.05, 0) is 6.42 Å². The van der Waals surface area contributed by atoms with Gasteiger partial charge in [0, 0.05) is 18.2 Å². The van der Waals surface area contributed by atoms with Crippen LogP contribution in [0.25, 0.3) is 0 Å². The van der Waals surface area contributed by atoms with E-state index in [1.54, 1.807) is 0 Å². The Labute approximate surface area is 129 Å². The molecule has 0 amide bonds. The number of rotatable bonds is 11. The summed E-state index contributed by atoms with van der Waals surface area (Å²) in [4.78, 5) is 33.9. The number of hydrogen-bond acceptors (Lipinski definition) is 7. The van der Waals surface area contributed by atoms with E-state index in [4.69, 9.17) is 18.9 Å². The third-order valence-electron chi connectivity index (χ3n) is 2.22. The molecular formula is C15H20O7. The monoisotopic (exact) mass is 312 g/mol. The van der Waals surface area contributed by atoms with E-state index < -0.39 is 36.9 Å². The molecule has 0 aromatic heterocycles. The zero-order chi connectivity index (χ0) is 17.0. The molecule has 0 spiro atoms. The topological polar surface area (TPSA) is 88.1 Å². The molecule has 0 radical (unpaired) electrons. The molecule has 0 saturated heterocycles. The molecule has 7 heteroatoms. The van der Waals surface area contributed by atoms with Crippen molar-refractivity contribution in [3.63, 3.8) is 0 Å². The molecule has 0 rings (SSSR count). The Morgan fingerprint density at radius 2 is 1.36 bits per heavy atom. The lowest BCUT2D eigenvalue weighted by Gasteiger charge is -2.31. The van der Waals surface area contributed by atoms with Gasteiger partial charge in [-0.2, -0.15) is 0 Å². The summed E-state index contributed by atoms with van der Waals surface area (Å²) in [6.07, 6.45) is 3.39. The fourth-order valence-electron chi connectivity index (χ4n) is 1.21. The summed E-state index contributed by atoms with van der Waals surface area (Å²) >= 11 is 0. The number of esters is 3. The summed E-state index contributed by atoms with van der Waals surface area (Å²) in [5.74, 6) is -4.07. The first-order valence-electron chi connectivity index (χ1n) is 6.50. The highest BCUT2D eigenvalue weighted by molar-refractivity contribution is 5.82. The summed E-state index contributed by atoms with van der Waals surface area (Å²) in [6.45, 7) is 10.8. The van der Waals surface area contributed by atoms with Crippen molar-refractivity contribution in [1.29, 1.82) is 0 Å². The summed E-state index contributed by atoms with van der Waals surface area (Å²) < 4.78 is 20.2. The van der Waals surface area contributed by atoms with Crippen molar-refractivity contribution in [3.8, 4) is 0 Å². The summed E-state index contributed by atoms with van der Waals surface area (Å²) in [5.41, 5.74) is 0.